The van der Waals surface area contributed by atoms with Crippen molar-refractivity contribution >= 4 is 18.7 Å². The second-order valence-electron chi connectivity index (χ2n) is 2.16. The van der Waals surface area contributed by atoms with Gasteiger partial charge in [0.1, 0.15) is 0 Å². The van der Waals surface area contributed by atoms with Crippen LogP contribution in [0.25, 0.3) is 0 Å². The van der Waals surface area contributed by atoms with Crippen LogP contribution in [-0.4, -0.2) is 18.7 Å². The Bertz CT molecular complexity index is 346. The summed E-state index contributed by atoms with van der Waals surface area (Å²) in [5, 5.41) is 7.21. The van der Waals surface area contributed by atoms with Crippen LogP contribution in [0.15, 0.2) is 24.3 Å². The second kappa shape index (κ2) is 4.15. The molecule has 0 aliphatic heterocycles. The van der Waals surface area contributed by atoms with Crippen molar-refractivity contribution in [3.63, 3.8) is 0 Å². The zero-order valence-electron chi connectivity index (χ0n) is 6.53. The first-order valence-electron chi connectivity index (χ1n) is 3.39. The molecule has 0 heterocycles. The van der Waals surface area contributed by atoms with Crippen molar-refractivity contribution in [2.24, 2.45) is 0 Å². The minimum Gasteiger partial charge on any atom is -0.399 e. The van der Waals surface area contributed by atoms with Gasteiger partial charge in [-0.1, -0.05) is 18.2 Å². The Labute approximate surface area is 74.6 Å². The summed E-state index contributed by atoms with van der Waals surface area (Å²) in [5.74, 6) is -0.408. The predicted molar refractivity (Wildman–Crippen MR) is 44.8 cm³/mol. The number of hydrogen-bond donors (Lipinski definition) is 1. The molecule has 1 aromatic rings. The molecule has 0 saturated carbocycles. The first-order chi connectivity index (χ1) is 6.29. The fraction of sp³-hybridized carbons (Fsp3) is 0. The monoisotopic (exact) mass is 175 g/mol. The average molecular weight is 175 g/mol. The van der Waals surface area contributed by atoms with Crippen LogP contribution in [0.4, 0.5) is 0 Å². The summed E-state index contributed by atoms with van der Waals surface area (Å²) in [6.07, 6.45) is 1.63. The van der Waals surface area contributed by atoms with Crippen LogP contribution in [0.5, 0.6) is 0 Å². The highest BCUT2D eigenvalue weighted by Gasteiger charge is 2.07. The zero-order chi connectivity index (χ0) is 9.68. The molecule has 0 spiro atoms. The van der Waals surface area contributed by atoms with Gasteiger partial charge in [0.05, 0.1) is 0 Å². The van der Waals surface area contributed by atoms with Crippen LogP contribution in [0.1, 0.15) is 11.1 Å². The largest absolute Gasteiger partial charge is 0.424 e. The van der Waals surface area contributed by atoms with Gasteiger partial charge in [-0.2, -0.15) is 0 Å². The molecule has 13 heavy (non-hydrogen) atoms. The Hall–Kier alpha value is -1.97. The van der Waals surface area contributed by atoms with Gasteiger partial charge in [-0.05, 0) is 6.07 Å². The van der Waals surface area contributed by atoms with Gasteiger partial charge in [0.25, 0.3) is 0 Å². The third-order valence-electron chi connectivity index (χ3n) is 1.43. The van der Waals surface area contributed by atoms with E-state index in [0.717, 1.165) is 6.47 Å². The molecule has 0 amide bonds. The number of ether oxygens (including phenoxy) is 1. The molecule has 0 fully saturated rings. The number of rotatable bonds is 3. The molecule has 1 N–H and O–H groups in total. The van der Waals surface area contributed by atoms with Crippen LogP contribution in [0.2, 0.25) is 0 Å². The molecule has 2 radical (unpaired) electrons. The summed E-state index contributed by atoms with van der Waals surface area (Å²) >= 11 is 0. The lowest BCUT2D eigenvalue weighted by Crippen LogP contribution is -2.06. The molecule has 4 heteroatoms. The Kier molecular flexibility index (Phi) is 2.92. The molecule has 0 bridgehead atoms. The molecule has 0 atom stereocenters. The normalized spacial score (nSPS) is 8.92. The van der Waals surface area contributed by atoms with Crippen molar-refractivity contribution in [3.8, 4) is 0 Å². The maximum Gasteiger partial charge on any atom is 0.424 e. The third-order valence-corrected chi connectivity index (χ3v) is 1.43. The maximum atomic E-state index is 10.4. The molecule has 0 aromatic heterocycles. The summed E-state index contributed by atoms with van der Waals surface area (Å²) in [4.78, 5) is 20.2. The molecule has 0 saturated heterocycles. The highest BCUT2D eigenvalue weighted by Crippen LogP contribution is 2.06. The summed E-state index contributed by atoms with van der Waals surface area (Å²) in [6.45, 7) is 1.11. The molecule has 1 aromatic carbocycles. The lowest BCUT2D eigenvalue weighted by Gasteiger charge is -2.01. The summed E-state index contributed by atoms with van der Waals surface area (Å²) in [5.41, 5.74) is 0.406. The van der Waals surface area contributed by atoms with E-state index < -0.39 is 5.90 Å². The van der Waals surface area contributed by atoms with E-state index in [0.29, 0.717) is 0 Å². The lowest BCUT2D eigenvalue weighted by atomic mass is 10.1. The first-order valence-corrected chi connectivity index (χ1v) is 3.39. The average Bonchev–Trinajstić information content (AvgIpc) is 2.18. The van der Waals surface area contributed by atoms with E-state index >= 15 is 0 Å². The van der Waals surface area contributed by atoms with Crippen molar-refractivity contribution in [2.75, 3.05) is 0 Å². The predicted octanol–water partition coefficient (Wildman–Crippen LogP) is 0.554. The summed E-state index contributed by atoms with van der Waals surface area (Å²) in [7, 11) is 0. The molecule has 0 aliphatic carbocycles. The van der Waals surface area contributed by atoms with Crippen LogP contribution in [0, 0.1) is 5.41 Å². The fourth-order valence-electron chi connectivity index (χ4n) is 0.867. The van der Waals surface area contributed by atoms with Gasteiger partial charge in [-0.25, -0.2) is 4.79 Å². The van der Waals surface area contributed by atoms with E-state index in [1.54, 1.807) is 18.4 Å². The second-order valence-corrected chi connectivity index (χ2v) is 2.16. The molecular formula is C9H5NO3. The van der Waals surface area contributed by atoms with Gasteiger partial charge < -0.3 is 4.74 Å². The quantitative estimate of drug-likeness (QED) is 0.539. The van der Waals surface area contributed by atoms with E-state index in [2.05, 4.69) is 4.74 Å². The van der Waals surface area contributed by atoms with Crippen LogP contribution in [-0.2, 0) is 14.3 Å². The molecule has 0 unspecified atom stereocenters. The Morgan fingerprint density at radius 3 is 2.62 bits per heavy atom. The van der Waals surface area contributed by atoms with Gasteiger partial charge in [0.15, 0.2) is 0 Å². The molecular weight excluding hydrogens is 170 g/mol. The third kappa shape index (κ3) is 1.99. The van der Waals surface area contributed by atoms with E-state index in [1.807, 2.05) is 0 Å². The minimum absolute atomic E-state index is 0.183. The van der Waals surface area contributed by atoms with E-state index in [4.69, 9.17) is 5.41 Å². The van der Waals surface area contributed by atoms with Gasteiger partial charge in [0, 0.05) is 11.1 Å². The van der Waals surface area contributed by atoms with Crippen molar-refractivity contribution in [3.05, 3.63) is 35.4 Å². The van der Waals surface area contributed by atoms with Crippen molar-refractivity contribution in [1.82, 2.24) is 0 Å². The minimum atomic E-state index is -0.408. The van der Waals surface area contributed by atoms with Gasteiger partial charge in [-0.15, -0.1) is 0 Å². The maximum absolute atomic E-state index is 10.4. The topological polar surface area (TPSA) is 67.2 Å². The van der Waals surface area contributed by atoms with Gasteiger partial charge in [-0.3, -0.25) is 10.2 Å². The van der Waals surface area contributed by atoms with Crippen LogP contribution >= 0.6 is 0 Å². The van der Waals surface area contributed by atoms with Crippen LogP contribution in [0.3, 0.4) is 0 Å². The highest BCUT2D eigenvalue weighted by molar-refractivity contribution is 6.01. The SMILES string of the molecule is N=C(O[C]=O)c1ccccc1[C]=O. The Morgan fingerprint density at radius 2 is 2.00 bits per heavy atom. The molecule has 0 aliphatic rings. The molecule has 4 nitrogen and oxygen atoms in total. The van der Waals surface area contributed by atoms with Crippen molar-refractivity contribution in [2.45, 2.75) is 0 Å². The van der Waals surface area contributed by atoms with E-state index in [9.17, 15) is 9.59 Å². The Balaban J connectivity index is 3.05. The van der Waals surface area contributed by atoms with E-state index in [-0.39, 0.29) is 11.1 Å². The van der Waals surface area contributed by atoms with Crippen LogP contribution < -0.4 is 0 Å². The molecule has 1 rings (SSSR count). The zero-order valence-corrected chi connectivity index (χ0v) is 6.53. The smallest absolute Gasteiger partial charge is 0.399 e. The van der Waals surface area contributed by atoms with E-state index in [1.165, 1.54) is 12.1 Å². The number of carbonyl (C=O) groups excluding carboxylic acids is 2. The number of hydrogen-bond acceptors (Lipinski definition) is 4. The Morgan fingerprint density at radius 1 is 1.31 bits per heavy atom. The van der Waals surface area contributed by atoms with Gasteiger partial charge in [0.2, 0.25) is 12.2 Å². The standard InChI is InChI=1S/C9H5NO3/c10-9(13-6-12)8-4-2-1-3-7(8)5-11/h1-4,10H. The number of nitrogens with one attached hydrogen (secondary N) is 1. The highest BCUT2D eigenvalue weighted by atomic mass is 16.5. The first kappa shape index (κ1) is 9.12. The molecule has 64 valence electrons. The number of benzene rings is 1. The van der Waals surface area contributed by atoms with Crippen molar-refractivity contribution < 1.29 is 14.3 Å². The lowest BCUT2D eigenvalue weighted by molar-refractivity contribution is 0.436. The van der Waals surface area contributed by atoms with Crippen molar-refractivity contribution in [1.29, 1.82) is 5.41 Å². The summed E-state index contributed by atoms with van der Waals surface area (Å²) in [6, 6.07) is 6.21. The summed E-state index contributed by atoms with van der Waals surface area (Å²) < 4.78 is 4.17. The fourth-order valence-corrected chi connectivity index (χ4v) is 0.867. The van der Waals surface area contributed by atoms with Gasteiger partial charge >= 0.3 is 6.47 Å².